The van der Waals surface area contributed by atoms with Crippen LogP contribution < -0.4 is 0 Å². The van der Waals surface area contributed by atoms with Crippen molar-refractivity contribution >= 4 is 27.5 Å². The van der Waals surface area contributed by atoms with Crippen molar-refractivity contribution in [2.24, 2.45) is 0 Å². The van der Waals surface area contributed by atoms with Gasteiger partial charge in [0.1, 0.15) is 10.8 Å². The Morgan fingerprint density at radius 3 is 2.69 bits per heavy atom. The summed E-state index contributed by atoms with van der Waals surface area (Å²) in [6, 6.07) is 1.62. The van der Waals surface area contributed by atoms with Gasteiger partial charge in [-0.2, -0.15) is 0 Å². The minimum absolute atomic E-state index is 0.137. The van der Waals surface area contributed by atoms with Crippen LogP contribution in [0.3, 0.4) is 0 Å². The van der Waals surface area contributed by atoms with E-state index < -0.39 is 6.43 Å². The van der Waals surface area contributed by atoms with Crippen LogP contribution >= 0.6 is 27.5 Å². The van der Waals surface area contributed by atoms with E-state index >= 15 is 0 Å². The Hall–Kier alpha value is -0.220. The van der Waals surface area contributed by atoms with Gasteiger partial charge < -0.3 is 0 Å². The van der Waals surface area contributed by atoms with Crippen LogP contribution in [0.5, 0.6) is 0 Å². The van der Waals surface area contributed by atoms with E-state index in [9.17, 15) is 8.78 Å². The maximum absolute atomic E-state index is 12.3. The molecule has 72 valence electrons. The third-order valence-corrected chi connectivity index (χ3v) is 2.56. The van der Waals surface area contributed by atoms with Gasteiger partial charge in [-0.1, -0.05) is 33.6 Å². The van der Waals surface area contributed by atoms with Crippen molar-refractivity contribution in [1.29, 1.82) is 0 Å². The van der Waals surface area contributed by atoms with E-state index in [1.54, 1.807) is 13.0 Å². The monoisotopic (exact) mass is 269 g/mol. The van der Waals surface area contributed by atoms with Gasteiger partial charge in [0.15, 0.2) is 0 Å². The smallest absolute Gasteiger partial charge is 0.235 e. The Bertz CT molecular complexity index is 317. The Labute approximate surface area is 88.2 Å². The van der Waals surface area contributed by atoms with Crippen molar-refractivity contribution < 1.29 is 8.78 Å². The Morgan fingerprint density at radius 1 is 1.62 bits per heavy atom. The molecule has 0 spiro atoms. The molecular formula is C8H7BrClF2N. The Morgan fingerprint density at radius 2 is 2.23 bits per heavy atom. The first-order chi connectivity index (χ1) is 6.06. The lowest BCUT2D eigenvalue weighted by atomic mass is 10.2. The molecule has 0 saturated carbocycles. The molecule has 0 atom stereocenters. The highest BCUT2D eigenvalue weighted by Gasteiger charge is 2.14. The first-order valence-electron chi connectivity index (χ1n) is 3.56. The number of halogens is 4. The van der Waals surface area contributed by atoms with Crippen LogP contribution in [0.4, 0.5) is 8.78 Å². The molecule has 0 saturated heterocycles. The summed E-state index contributed by atoms with van der Waals surface area (Å²) in [5.74, 6) is 0. The number of pyridine rings is 1. The molecule has 0 aliphatic rings. The van der Waals surface area contributed by atoms with E-state index in [2.05, 4.69) is 20.9 Å². The number of aryl methyl sites for hydroxylation is 1. The molecule has 0 radical (unpaired) electrons. The maximum atomic E-state index is 12.3. The predicted octanol–water partition coefficient (Wildman–Crippen LogP) is 3.88. The normalized spacial score (nSPS) is 10.9. The Kier molecular flexibility index (Phi) is 3.62. The predicted molar refractivity (Wildman–Crippen MR) is 51.6 cm³/mol. The van der Waals surface area contributed by atoms with Crippen molar-refractivity contribution in [2.45, 2.75) is 18.7 Å². The second kappa shape index (κ2) is 4.33. The Balaban J connectivity index is 3.20. The molecule has 0 aliphatic carbocycles. The highest BCUT2D eigenvalue weighted by Crippen LogP contribution is 2.25. The van der Waals surface area contributed by atoms with Gasteiger partial charge in [0, 0.05) is 10.9 Å². The molecule has 0 unspecified atom stereocenters. The fourth-order valence-corrected chi connectivity index (χ4v) is 1.78. The van der Waals surface area contributed by atoms with Gasteiger partial charge in [-0.15, -0.1) is 0 Å². The second-order valence-electron chi connectivity index (χ2n) is 2.57. The first-order valence-corrected chi connectivity index (χ1v) is 5.06. The van der Waals surface area contributed by atoms with Crippen molar-refractivity contribution in [2.75, 3.05) is 0 Å². The van der Waals surface area contributed by atoms with Crippen molar-refractivity contribution in [3.05, 3.63) is 28.0 Å². The number of aromatic nitrogens is 1. The lowest BCUT2D eigenvalue weighted by Gasteiger charge is -2.06. The van der Waals surface area contributed by atoms with Crippen molar-refractivity contribution in [3.8, 4) is 0 Å². The molecule has 1 aromatic heterocycles. The van der Waals surface area contributed by atoms with Gasteiger partial charge in [0.05, 0.1) is 0 Å². The van der Waals surface area contributed by atoms with Crippen molar-refractivity contribution in [3.63, 3.8) is 0 Å². The molecule has 0 amide bonds. The van der Waals surface area contributed by atoms with Crippen LogP contribution in [-0.2, 0) is 5.33 Å². The summed E-state index contributed by atoms with van der Waals surface area (Å²) in [6.07, 6.45) is -2.57. The van der Waals surface area contributed by atoms with Crippen LogP contribution in [0.25, 0.3) is 0 Å². The molecule has 0 aromatic carbocycles. The molecule has 0 bridgehead atoms. The number of rotatable bonds is 2. The standard InChI is InChI=1S/C8H7BrClF2N/c1-4-2-5(3-9)7(10)13-6(4)8(11)12/h2,8H,3H2,1H3. The summed E-state index contributed by atoms with van der Waals surface area (Å²) in [6.45, 7) is 1.59. The zero-order valence-corrected chi connectivity index (χ0v) is 9.16. The number of hydrogen-bond acceptors (Lipinski definition) is 1. The molecule has 1 aromatic rings. The zero-order valence-electron chi connectivity index (χ0n) is 6.82. The summed E-state index contributed by atoms with van der Waals surface area (Å²) >= 11 is 8.86. The quantitative estimate of drug-likeness (QED) is 0.587. The fraction of sp³-hybridized carbons (Fsp3) is 0.375. The van der Waals surface area contributed by atoms with E-state index in [0.717, 1.165) is 5.56 Å². The number of alkyl halides is 3. The zero-order chi connectivity index (χ0) is 10.0. The van der Waals surface area contributed by atoms with E-state index in [0.29, 0.717) is 10.9 Å². The average molecular weight is 271 g/mol. The van der Waals surface area contributed by atoms with Crippen LogP contribution in [0.2, 0.25) is 5.15 Å². The van der Waals surface area contributed by atoms with Crippen LogP contribution in [0.15, 0.2) is 6.07 Å². The fourth-order valence-electron chi connectivity index (χ4n) is 0.975. The number of hydrogen-bond donors (Lipinski definition) is 0. The summed E-state index contributed by atoms with van der Waals surface area (Å²) in [7, 11) is 0. The molecule has 0 fully saturated rings. The third-order valence-electron chi connectivity index (χ3n) is 1.63. The van der Waals surface area contributed by atoms with Gasteiger partial charge in [0.25, 0.3) is 6.43 Å². The maximum Gasteiger partial charge on any atom is 0.280 e. The van der Waals surface area contributed by atoms with E-state index in [1.807, 2.05) is 0 Å². The van der Waals surface area contributed by atoms with E-state index in [-0.39, 0.29) is 10.8 Å². The van der Waals surface area contributed by atoms with Gasteiger partial charge in [-0.3, -0.25) is 0 Å². The molecular weight excluding hydrogens is 263 g/mol. The SMILES string of the molecule is Cc1cc(CBr)c(Cl)nc1C(F)F. The van der Waals surface area contributed by atoms with Crippen molar-refractivity contribution in [1.82, 2.24) is 4.98 Å². The second-order valence-corrected chi connectivity index (χ2v) is 3.49. The summed E-state index contributed by atoms with van der Waals surface area (Å²) < 4.78 is 24.6. The minimum atomic E-state index is -2.57. The highest BCUT2D eigenvalue weighted by atomic mass is 79.9. The van der Waals surface area contributed by atoms with Gasteiger partial charge >= 0.3 is 0 Å². The van der Waals surface area contributed by atoms with Gasteiger partial charge in [-0.25, -0.2) is 13.8 Å². The highest BCUT2D eigenvalue weighted by molar-refractivity contribution is 9.08. The largest absolute Gasteiger partial charge is 0.280 e. The topological polar surface area (TPSA) is 12.9 Å². The minimum Gasteiger partial charge on any atom is -0.235 e. The van der Waals surface area contributed by atoms with Gasteiger partial charge in [-0.05, 0) is 12.5 Å². The van der Waals surface area contributed by atoms with Gasteiger partial charge in [0.2, 0.25) is 0 Å². The summed E-state index contributed by atoms with van der Waals surface area (Å²) in [4.78, 5) is 3.63. The van der Waals surface area contributed by atoms with E-state index in [4.69, 9.17) is 11.6 Å². The summed E-state index contributed by atoms with van der Waals surface area (Å²) in [5.41, 5.74) is 0.951. The molecule has 5 heteroatoms. The first kappa shape index (κ1) is 10.9. The lowest BCUT2D eigenvalue weighted by Crippen LogP contribution is -1.97. The third kappa shape index (κ3) is 2.38. The molecule has 0 N–H and O–H groups in total. The molecule has 1 nitrogen and oxygen atoms in total. The number of nitrogens with zero attached hydrogens (tertiary/aromatic N) is 1. The van der Waals surface area contributed by atoms with E-state index in [1.165, 1.54) is 0 Å². The average Bonchev–Trinajstić information content (AvgIpc) is 2.07. The molecule has 1 heterocycles. The van der Waals surface area contributed by atoms with Crippen LogP contribution in [0.1, 0.15) is 23.2 Å². The van der Waals surface area contributed by atoms with Crippen LogP contribution in [-0.4, -0.2) is 4.98 Å². The molecule has 0 aliphatic heterocycles. The summed E-state index contributed by atoms with van der Waals surface area (Å²) in [5, 5.41) is 0.654. The lowest BCUT2D eigenvalue weighted by molar-refractivity contribution is 0.145. The molecule has 1 rings (SSSR count). The van der Waals surface area contributed by atoms with Crippen LogP contribution in [0, 0.1) is 6.92 Å². The molecule has 13 heavy (non-hydrogen) atoms.